The molecule has 0 N–H and O–H groups in total. The Morgan fingerprint density at radius 1 is 0.976 bits per heavy atom. The lowest BCUT2D eigenvalue weighted by Crippen LogP contribution is -2.46. The van der Waals surface area contributed by atoms with Crippen LogP contribution in [0.15, 0.2) is 85.5 Å². The second-order valence-electron chi connectivity index (χ2n) is 10.4. The zero-order valence-corrected chi connectivity index (χ0v) is 25.1. The van der Waals surface area contributed by atoms with Gasteiger partial charge in [-0.3, -0.25) is 0 Å². The number of benzene rings is 3. The summed E-state index contributed by atoms with van der Waals surface area (Å²) >= 11 is 14.5. The lowest BCUT2D eigenvalue weighted by molar-refractivity contribution is -0.189. The maximum atomic E-state index is 6.58. The average Bonchev–Trinajstić information content (AvgIpc) is 3.77. The molecular formula is C31H29Cl2N5O3S. The quantitative estimate of drug-likeness (QED) is 0.197. The molecule has 7 rings (SSSR count). The average molecular weight is 623 g/mol. The Hall–Kier alpha value is -3.34. The van der Waals surface area contributed by atoms with E-state index in [4.69, 9.17) is 42.4 Å². The number of thiazole rings is 1. The molecule has 2 aliphatic rings. The molecule has 4 heterocycles. The molecule has 11 heteroatoms. The van der Waals surface area contributed by atoms with Crippen LogP contribution in [0, 0.1) is 0 Å². The number of rotatable bonds is 8. The standard InChI is InChI=1S/C31H29Cl2N5O3S/c32-22-5-10-26(27(33)17-22)31(20-36-12-11-34-21-36)40-19-25(41-31)18-39-24-8-6-23(7-9-24)37-13-15-38(16-14-37)30-35-28-3-1-2-4-29(28)42-30/h1-12,17,21,25H,13-16,18-20H2/t25-,31-/m1/s1. The second-order valence-corrected chi connectivity index (χ2v) is 12.3. The Kier molecular flexibility index (Phi) is 7.68. The van der Waals surface area contributed by atoms with Gasteiger partial charge in [-0.1, -0.05) is 52.7 Å². The molecule has 0 saturated carbocycles. The zero-order chi connectivity index (χ0) is 28.5. The van der Waals surface area contributed by atoms with Gasteiger partial charge in [-0.25, -0.2) is 9.97 Å². The smallest absolute Gasteiger partial charge is 0.215 e. The minimum absolute atomic E-state index is 0.282. The Bertz CT molecular complexity index is 1620. The van der Waals surface area contributed by atoms with E-state index in [1.54, 1.807) is 36.0 Å². The number of hydrogen-bond acceptors (Lipinski definition) is 8. The van der Waals surface area contributed by atoms with Gasteiger partial charge in [0.2, 0.25) is 5.79 Å². The van der Waals surface area contributed by atoms with Crippen LogP contribution >= 0.6 is 34.5 Å². The van der Waals surface area contributed by atoms with Crippen molar-refractivity contribution in [1.29, 1.82) is 0 Å². The molecule has 0 radical (unpaired) electrons. The van der Waals surface area contributed by atoms with Gasteiger partial charge in [-0.05, 0) is 48.5 Å². The van der Waals surface area contributed by atoms with Gasteiger partial charge in [-0.15, -0.1) is 0 Å². The fraction of sp³-hybridized carbons (Fsp3) is 0.290. The van der Waals surface area contributed by atoms with Crippen LogP contribution in [0.1, 0.15) is 5.56 Å². The first kappa shape index (κ1) is 27.5. The summed E-state index contributed by atoms with van der Waals surface area (Å²) in [5.74, 6) is -0.291. The summed E-state index contributed by atoms with van der Waals surface area (Å²) < 4.78 is 22.1. The fourth-order valence-corrected chi connectivity index (χ4v) is 7.04. The molecule has 42 heavy (non-hydrogen) atoms. The van der Waals surface area contributed by atoms with Gasteiger partial charge in [-0.2, -0.15) is 0 Å². The number of halogens is 2. The highest BCUT2D eigenvalue weighted by atomic mass is 35.5. The number of ether oxygens (including phenoxy) is 3. The first-order chi connectivity index (χ1) is 20.5. The summed E-state index contributed by atoms with van der Waals surface area (Å²) in [5, 5.41) is 2.14. The fourth-order valence-electron chi connectivity index (χ4n) is 5.47. The van der Waals surface area contributed by atoms with Crippen LogP contribution in [0.2, 0.25) is 10.0 Å². The van der Waals surface area contributed by atoms with Gasteiger partial charge in [0.1, 0.15) is 18.5 Å². The molecule has 8 nitrogen and oxygen atoms in total. The van der Waals surface area contributed by atoms with Gasteiger partial charge < -0.3 is 28.6 Å². The molecule has 2 saturated heterocycles. The zero-order valence-electron chi connectivity index (χ0n) is 22.7. The number of hydrogen-bond donors (Lipinski definition) is 0. The van der Waals surface area contributed by atoms with E-state index in [1.165, 1.54) is 10.4 Å². The van der Waals surface area contributed by atoms with Crippen LogP contribution in [-0.4, -0.2) is 60.0 Å². The molecule has 3 aromatic carbocycles. The second kappa shape index (κ2) is 11.7. The minimum atomic E-state index is -1.08. The summed E-state index contributed by atoms with van der Waals surface area (Å²) in [4.78, 5) is 13.8. The Morgan fingerprint density at radius 3 is 2.55 bits per heavy atom. The first-order valence-electron chi connectivity index (χ1n) is 13.9. The van der Waals surface area contributed by atoms with E-state index in [2.05, 4.69) is 45.1 Å². The van der Waals surface area contributed by atoms with Gasteiger partial charge in [0.25, 0.3) is 0 Å². The SMILES string of the molecule is Clc1ccc([C@]2(Cn3ccnc3)OC[C@@H](COc3ccc(N4CCN(c5nc6ccccc6s5)CC4)cc3)O2)c(Cl)c1. The third-order valence-corrected chi connectivity index (χ3v) is 9.27. The largest absolute Gasteiger partial charge is 0.491 e. The molecule has 0 amide bonds. The van der Waals surface area contributed by atoms with Gasteiger partial charge in [0.05, 0.1) is 34.7 Å². The van der Waals surface area contributed by atoms with E-state index in [0.717, 1.165) is 48.1 Å². The first-order valence-corrected chi connectivity index (χ1v) is 15.4. The van der Waals surface area contributed by atoms with Crippen LogP contribution in [-0.2, 0) is 21.8 Å². The van der Waals surface area contributed by atoms with Gasteiger partial charge in [0.15, 0.2) is 5.13 Å². The number of imidazole rings is 1. The molecule has 0 bridgehead atoms. The van der Waals surface area contributed by atoms with E-state index < -0.39 is 5.79 Å². The number of fused-ring (bicyclic) bond motifs is 1. The molecular weight excluding hydrogens is 593 g/mol. The van der Waals surface area contributed by atoms with Crippen molar-refractivity contribution in [3.63, 3.8) is 0 Å². The number of nitrogens with zero attached hydrogens (tertiary/aromatic N) is 5. The highest BCUT2D eigenvalue weighted by molar-refractivity contribution is 7.22. The summed E-state index contributed by atoms with van der Waals surface area (Å²) in [6.07, 6.45) is 5.03. The van der Waals surface area contributed by atoms with Crippen molar-refractivity contribution >= 4 is 55.6 Å². The summed E-state index contributed by atoms with van der Waals surface area (Å²) in [6.45, 7) is 4.86. The monoisotopic (exact) mass is 621 g/mol. The Balaban J connectivity index is 0.959. The highest BCUT2D eigenvalue weighted by Crippen LogP contribution is 2.40. The topological polar surface area (TPSA) is 64.9 Å². The summed E-state index contributed by atoms with van der Waals surface area (Å²) in [7, 11) is 0. The minimum Gasteiger partial charge on any atom is -0.491 e. The van der Waals surface area contributed by atoms with Gasteiger partial charge in [0, 0.05) is 54.8 Å². The van der Waals surface area contributed by atoms with Crippen LogP contribution in [0.3, 0.4) is 0 Å². The highest BCUT2D eigenvalue weighted by Gasteiger charge is 2.45. The number of piperazine rings is 1. The predicted octanol–water partition coefficient (Wildman–Crippen LogP) is 6.47. The Labute approximate surface area is 258 Å². The molecule has 0 spiro atoms. The van der Waals surface area contributed by atoms with Crippen LogP contribution < -0.4 is 14.5 Å². The summed E-state index contributed by atoms with van der Waals surface area (Å²) in [5.41, 5.74) is 2.98. The molecule has 216 valence electrons. The van der Waals surface area contributed by atoms with Crippen molar-refractivity contribution in [1.82, 2.24) is 14.5 Å². The van der Waals surface area contributed by atoms with E-state index in [1.807, 2.05) is 35.0 Å². The van der Waals surface area contributed by atoms with Crippen molar-refractivity contribution in [3.05, 3.63) is 101 Å². The van der Waals surface area contributed by atoms with E-state index in [0.29, 0.717) is 29.8 Å². The van der Waals surface area contributed by atoms with Crippen molar-refractivity contribution < 1.29 is 14.2 Å². The lowest BCUT2D eigenvalue weighted by atomic mass is 10.1. The lowest BCUT2D eigenvalue weighted by Gasteiger charge is -2.36. The van der Waals surface area contributed by atoms with Crippen LogP contribution in [0.25, 0.3) is 10.2 Å². The van der Waals surface area contributed by atoms with Crippen LogP contribution in [0.4, 0.5) is 10.8 Å². The maximum Gasteiger partial charge on any atom is 0.215 e. The van der Waals surface area contributed by atoms with Crippen molar-refractivity contribution in [2.24, 2.45) is 0 Å². The Morgan fingerprint density at radius 2 is 1.79 bits per heavy atom. The molecule has 2 fully saturated rings. The molecule has 5 aromatic rings. The third-order valence-electron chi connectivity index (χ3n) is 7.62. The molecule has 0 unspecified atom stereocenters. The number of para-hydroxylation sites is 1. The van der Waals surface area contributed by atoms with E-state index in [-0.39, 0.29) is 6.10 Å². The number of anilines is 2. The predicted molar refractivity (Wildman–Crippen MR) is 167 cm³/mol. The van der Waals surface area contributed by atoms with Crippen molar-refractivity contribution in [2.45, 2.75) is 18.4 Å². The molecule has 0 aliphatic carbocycles. The third kappa shape index (κ3) is 5.67. The van der Waals surface area contributed by atoms with Crippen molar-refractivity contribution in [3.8, 4) is 5.75 Å². The molecule has 2 atom stereocenters. The van der Waals surface area contributed by atoms with Crippen LogP contribution in [0.5, 0.6) is 5.75 Å². The van der Waals surface area contributed by atoms with Crippen molar-refractivity contribution in [2.75, 3.05) is 49.2 Å². The molecule has 2 aromatic heterocycles. The summed E-state index contributed by atoms with van der Waals surface area (Å²) in [6, 6.07) is 21.9. The van der Waals surface area contributed by atoms with E-state index in [9.17, 15) is 0 Å². The normalized spacial score (nSPS) is 20.9. The number of aromatic nitrogens is 3. The van der Waals surface area contributed by atoms with Gasteiger partial charge >= 0.3 is 0 Å². The molecule has 2 aliphatic heterocycles. The van der Waals surface area contributed by atoms with E-state index >= 15 is 0 Å². The maximum absolute atomic E-state index is 6.58.